The van der Waals surface area contributed by atoms with Crippen LogP contribution in [-0.4, -0.2) is 61.5 Å². The van der Waals surface area contributed by atoms with Crippen molar-refractivity contribution in [1.82, 2.24) is 10.1 Å². The zero-order valence-electron chi connectivity index (χ0n) is 17.1. The fraction of sp³-hybridized carbons (Fsp3) is 0.750. The van der Waals surface area contributed by atoms with Gasteiger partial charge in [-0.3, -0.25) is 4.79 Å². The lowest BCUT2D eigenvalue weighted by molar-refractivity contribution is -0.144. The van der Waals surface area contributed by atoms with Gasteiger partial charge in [0.25, 0.3) is 0 Å². The number of esters is 1. The molecule has 0 saturated carbocycles. The van der Waals surface area contributed by atoms with Gasteiger partial charge in [0, 0.05) is 45.1 Å². The average Bonchev–Trinajstić information content (AvgIpc) is 3.18. The normalized spacial score (nSPS) is 19.6. The van der Waals surface area contributed by atoms with Crippen molar-refractivity contribution in [3.63, 3.8) is 0 Å². The molecule has 8 heteroatoms. The number of likely N-dealkylation sites (tertiary alicyclic amines) is 1. The molecule has 3 rings (SSSR count). The molecule has 1 unspecified atom stereocenters. The van der Waals surface area contributed by atoms with Gasteiger partial charge in [-0.1, -0.05) is 19.0 Å². The molecule has 1 amide bonds. The minimum atomic E-state index is -0.464. The predicted molar refractivity (Wildman–Crippen MR) is 103 cm³/mol. The van der Waals surface area contributed by atoms with Crippen LogP contribution in [0.4, 0.5) is 10.6 Å². The quantitative estimate of drug-likeness (QED) is 0.710. The molecule has 0 aromatic carbocycles. The summed E-state index contributed by atoms with van der Waals surface area (Å²) in [5.74, 6) is 0.504. The van der Waals surface area contributed by atoms with Crippen molar-refractivity contribution in [2.24, 2.45) is 5.92 Å². The lowest BCUT2D eigenvalue weighted by Gasteiger charge is -2.33. The Balaban J connectivity index is 1.53. The molecular weight excluding hydrogens is 362 g/mol. The number of amides is 1. The largest absolute Gasteiger partial charge is 0.468 e. The Morgan fingerprint density at radius 1 is 1.14 bits per heavy atom. The van der Waals surface area contributed by atoms with Crippen molar-refractivity contribution in [2.45, 2.75) is 58.0 Å². The number of hydrogen-bond acceptors (Lipinski definition) is 7. The minimum absolute atomic E-state index is 0.0492. The Hall–Kier alpha value is -2.25. The molecule has 0 aliphatic carbocycles. The number of anilines is 1. The number of nitrogens with zero attached hydrogens (tertiary/aromatic N) is 3. The molecule has 0 spiro atoms. The van der Waals surface area contributed by atoms with Crippen LogP contribution in [0.15, 0.2) is 10.6 Å². The minimum Gasteiger partial charge on any atom is -0.468 e. The van der Waals surface area contributed by atoms with Crippen LogP contribution in [-0.2, 0) is 14.3 Å². The van der Waals surface area contributed by atoms with Gasteiger partial charge in [-0.2, -0.15) is 0 Å². The Labute approximate surface area is 166 Å². The molecule has 1 aromatic rings. The summed E-state index contributed by atoms with van der Waals surface area (Å²) in [6.07, 6.45) is 4.58. The third-order valence-corrected chi connectivity index (χ3v) is 5.59. The van der Waals surface area contributed by atoms with E-state index in [0.717, 1.165) is 51.9 Å². The third kappa shape index (κ3) is 4.77. The van der Waals surface area contributed by atoms with Gasteiger partial charge in [0.05, 0.1) is 7.11 Å². The number of ether oxygens (including phenoxy) is 2. The number of aromatic nitrogens is 1. The summed E-state index contributed by atoms with van der Waals surface area (Å²) in [7, 11) is 1.38. The Morgan fingerprint density at radius 2 is 1.82 bits per heavy atom. The first-order chi connectivity index (χ1) is 13.5. The molecule has 2 fully saturated rings. The second-order valence-electron chi connectivity index (χ2n) is 7.95. The Bertz CT molecular complexity index is 661. The smallest absolute Gasteiger partial charge is 0.410 e. The first-order valence-electron chi connectivity index (χ1n) is 10.2. The number of hydrogen-bond donors (Lipinski definition) is 0. The van der Waals surface area contributed by atoms with Crippen molar-refractivity contribution in [3.05, 3.63) is 11.8 Å². The highest BCUT2D eigenvalue weighted by atomic mass is 16.6. The van der Waals surface area contributed by atoms with Crippen LogP contribution in [0.3, 0.4) is 0 Å². The fourth-order valence-corrected chi connectivity index (χ4v) is 3.92. The van der Waals surface area contributed by atoms with E-state index in [2.05, 4.69) is 10.1 Å². The second kappa shape index (κ2) is 9.30. The molecule has 0 N–H and O–H groups in total. The number of methoxy groups -OCH3 is 1. The molecule has 156 valence electrons. The van der Waals surface area contributed by atoms with Crippen LogP contribution in [0.1, 0.15) is 57.6 Å². The van der Waals surface area contributed by atoms with E-state index < -0.39 is 5.92 Å². The van der Waals surface area contributed by atoms with E-state index in [1.807, 2.05) is 24.8 Å². The Kier molecular flexibility index (Phi) is 6.80. The van der Waals surface area contributed by atoms with E-state index >= 15 is 0 Å². The van der Waals surface area contributed by atoms with E-state index in [4.69, 9.17) is 14.0 Å². The highest BCUT2D eigenvalue weighted by Gasteiger charge is 2.31. The number of rotatable bonds is 5. The summed E-state index contributed by atoms with van der Waals surface area (Å²) in [6, 6.07) is 1.82. The SMILES string of the molecule is COC(=O)C(c1cc(N2CCC(OC(=O)N3CCCCC3)CC2)no1)C(C)C. The Morgan fingerprint density at radius 3 is 2.43 bits per heavy atom. The van der Waals surface area contributed by atoms with Crippen molar-refractivity contribution >= 4 is 17.9 Å². The molecule has 3 heterocycles. The molecule has 1 aromatic heterocycles. The summed E-state index contributed by atoms with van der Waals surface area (Å²) in [4.78, 5) is 28.2. The zero-order valence-corrected chi connectivity index (χ0v) is 17.1. The van der Waals surface area contributed by atoms with Gasteiger partial charge in [0.2, 0.25) is 0 Å². The number of carbonyl (C=O) groups is 2. The summed E-state index contributed by atoms with van der Waals surface area (Å²) in [5.41, 5.74) is 0. The molecule has 28 heavy (non-hydrogen) atoms. The summed E-state index contributed by atoms with van der Waals surface area (Å²) >= 11 is 0. The molecule has 8 nitrogen and oxygen atoms in total. The van der Waals surface area contributed by atoms with Crippen LogP contribution >= 0.6 is 0 Å². The van der Waals surface area contributed by atoms with Crippen LogP contribution in [0.5, 0.6) is 0 Å². The van der Waals surface area contributed by atoms with Crippen LogP contribution < -0.4 is 4.90 Å². The van der Waals surface area contributed by atoms with E-state index in [0.29, 0.717) is 11.6 Å². The van der Waals surface area contributed by atoms with Gasteiger partial charge in [-0.05, 0) is 25.2 Å². The monoisotopic (exact) mass is 393 g/mol. The van der Waals surface area contributed by atoms with Crippen LogP contribution in [0, 0.1) is 5.92 Å². The van der Waals surface area contributed by atoms with E-state index in [1.165, 1.54) is 13.5 Å². The van der Waals surface area contributed by atoms with Gasteiger partial charge in [0.15, 0.2) is 11.6 Å². The van der Waals surface area contributed by atoms with Crippen molar-refractivity contribution < 1.29 is 23.6 Å². The molecule has 0 radical (unpaired) electrons. The van der Waals surface area contributed by atoms with Crippen LogP contribution in [0.2, 0.25) is 0 Å². The maximum absolute atomic E-state index is 12.3. The molecular formula is C20H31N3O5. The summed E-state index contributed by atoms with van der Waals surface area (Å²) in [5, 5.41) is 4.15. The topological polar surface area (TPSA) is 85.1 Å². The fourth-order valence-electron chi connectivity index (χ4n) is 3.92. The van der Waals surface area contributed by atoms with Gasteiger partial charge in [0.1, 0.15) is 12.0 Å². The third-order valence-electron chi connectivity index (χ3n) is 5.59. The lowest BCUT2D eigenvalue weighted by atomic mass is 9.93. The highest BCUT2D eigenvalue weighted by Crippen LogP contribution is 2.30. The second-order valence-corrected chi connectivity index (χ2v) is 7.95. The zero-order chi connectivity index (χ0) is 20.1. The molecule has 2 saturated heterocycles. The van der Waals surface area contributed by atoms with E-state index in [-0.39, 0.29) is 24.1 Å². The standard InChI is InChI=1S/C20H31N3O5/c1-14(2)18(19(24)26-3)16-13-17(21-28-16)22-11-7-15(8-12-22)27-20(25)23-9-5-4-6-10-23/h13-15,18H,4-12H2,1-3H3. The van der Waals surface area contributed by atoms with E-state index in [1.54, 1.807) is 0 Å². The van der Waals surface area contributed by atoms with Crippen molar-refractivity contribution in [1.29, 1.82) is 0 Å². The molecule has 2 aliphatic rings. The van der Waals surface area contributed by atoms with Gasteiger partial charge >= 0.3 is 12.1 Å². The van der Waals surface area contributed by atoms with Gasteiger partial charge in [-0.25, -0.2) is 4.79 Å². The van der Waals surface area contributed by atoms with Crippen LogP contribution in [0.25, 0.3) is 0 Å². The lowest BCUT2D eigenvalue weighted by Crippen LogP contribution is -2.42. The van der Waals surface area contributed by atoms with Gasteiger partial charge in [-0.15, -0.1) is 0 Å². The highest BCUT2D eigenvalue weighted by molar-refractivity contribution is 5.77. The average molecular weight is 393 g/mol. The molecule has 2 aliphatic heterocycles. The molecule has 0 bridgehead atoms. The maximum Gasteiger partial charge on any atom is 0.410 e. The first-order valence-corrected chi connectivity index (χ1v) is 10.2. The molecule has 1 atom stereocenters. The van der Waals surface area contributed by atoms with Crippen molar-refractivity contribution in [3.8, 4) is 0 Å². The number of carbonyl (C=O) groups excluding carboxylic acids is 2. The number of piperidine rings is 2. The van der Waals surface area contributed by atoms with Gasteiger partial charge < -0.3 is 23.8 Å². The maximum atomic E-state index is 12.3. The summed E-state index contributed by atoms with van der Waals surface area (Å²) < 4.78 is 16.0. The first kappa shape index (κ1) is 20.5. The summed E-state index contributed by atoms with van der Waals surface area (Å²) in [6.45, 7) is 6.97. The van der Waals surface area contributed by atoms with E-state index in [9.17, 15) is 9.59 Å². The van der Waals surface area contributed by atoms with Crippen molar-refractivity contribution in [2.75, 3.05) is 38.2 Å². The predicted octanol–water partition coefficient (Wildman–Crippen LogP) is 3.18.